The van der Waals surface area contributed by atoms with Crippen LogP contribution in [0.1, 0.15) is 170 Å². The van der Waals surface area contributed by atoms with Crippen LogP contribution in [0.15, 0.2) is 11.6 Å². The molecule has 7 fully saturated rings. The van der Waals surface area contributed by atoms with E-state index in [4.69, 9.17) is 39.6 Å². The Morgan fingerprint density at radius 1 is 0.802 bits per heavy atom. The van der Waals surface area contributed by atoms with Crippen molar-refractivity contribution in [2.24, 2.45) is 56.2 Å². The molecule has 22 nitrogen and oxygen atoms in total. The number of aldehydes is 1. The summed E-state index contributed by atoms with van der Waals surface area (Å²) in [5.41, 5.74) is -3.01. The first-order valence-corrected chi connectivity index (χ1v) is 32.0. The van der Waals surface area contributed by atoms with Gasteiger partial charge in [0.25, 0.3) is 0 Å². The molecule has 3 heterocycles. The number of unbranched alkanes of at least 4 members (excludes halogenated alkanes) is 7. The standard InChI is InChI=1S/C64H103NO21/c1-9-80-43(32-67)55(78)81-27-17-15-13-11-10-12-14-16-18-47(72)65-48-42(31-66)84-56(37(49(48)73)29-41-51(75)52(76)54(36(3)83-41)85-57-53(77)50(74)40(69)33-82-57)86-58(79)64-26-19-35(2)28-39(64)38-20-24-62(7)60(5)23-22-45(70)59(4,34-68)44(60)21-25-63(62,8)61(38,6)30-46(64)71/h1,20,34-37,39-46,48-57,66-67,69-71,73-78H,10-19,21-33H2,2-8H3,(H,65,72)/t35-,36-,37?,39?,40-,41+,42-,43+,44+,45?,46-,48?,49?,50?,51?,52?,53?,54?,55?,56+,57+,59?,60?,61-,62?,63+,64?/m1/s1. The van der Waals surface area contributed by atoms with Crippen molar-refractivity contribution in [3.63, 3.8) is 0 Å². The van der Waals surface area contributed by atoms with Gasteiger partial charge in [0.2, 0.25) is 12.2 Å². The van der Waals surface area contributed by atoms with Gasteiger partial charge in [0.05, 0.1) is 67.7 Å². The number of fused-ring (bicyclic) bond motifs is 7. The van der Waals surface area contributed by atoms with Gasteiger partial charge in [-0.25, -0.2) is 0 Å². The lowest BCUT2D eigenvalue weighted by Gasteiger charge is -2.75. The van der Waals surface area contributed by atoms with Gasteiger partial charge in [-0.05, 0) is 123 Å². The second kappa shape index (κ2) is 27.9. The van der Waals surface area contributed by atoms with E-state index in [1.54, 1.807) is 6.92 Å². The predicted octanol–water partition coefficient (Wildman–Crippen LogP) is 2.56. The number of hydrogen-bond donors (Lipinski definition) is 12. The maximum atomic E-state index is 15.7. The van der Waals surface area contributed by atoms with E-state index in [-0.39, 0.29) is 61.6 Å². The van der Waals surface area contributed by atoms with Crippen molar-refractivity contribution in [1.29, 1.82) is 0 Å². The Balaban J connectivity index is 0.989. The van der Waals surface area contributed by atoms with E-state index in [2.05, 4.69) is 46.0 Å². The molecule has 3 aliphatic heterocycles. The molecule has 0 radical (unpaired) electrons. The van der Waals surface area contributed by atoms with E-state index in [1.165, 1.54) is 0 Å². The number of nitrogens with one attached hydrogen (secondary N) is 1. The third-order valence-electron chi connectivity index (χ3n) is 23.8. The maximum absolute atomic E-state index is 15.7. The smallest absolute Gasteiger partial charge is 0.317 e. The van der Waals surface area contributed by atoms with Crippen LogP contribution in [0.25, 0.3) is 0 Å². The number of ether oxygens (including phenoxy) is 7. The Labute approximate surface area is 507 Å². The number of allylic oxidation sites excluding steroid dienone is 2. The molecular formula is C64H103NO21. The van der Waals surface area contributed by atoms with Gasteiger partial charge in [0.1, 0.15) is 60.5 Å². The largest absolute Gasteiger partial charge is 0.436 e. The normalized spacial score (nSPS) is 46.4. The topological polar surface area (TPSA) is 350 Å². The molecule has 0 bridgehead atoms. The van der Waals surface area contributed by atoms with Crippen LogP contribution in [0.2, 0.25) is 0 Å². The summed E-state index contributed by atoms with van der Waals surface area (Å²) in [4.78, 5) is 42.4. The van der Waals surface area contributed by atoms with Crippen molar-refractivity contribution in [3.8, 4) is 12.5 Å². The van der Waals surface area contributed by atoms with E-state index in [0.29, 0.717) is 44.9 Å². The van der Waals surface area contributed by atoms with Gasteiger partial charge in [0, 0.05) is 13.0 Å². The summed E-state index contributed by atoms with van der Waals surface area (Å²) in [6.07, 6.45) is -0.650. The van der Waals surface area contributed by atoms with Gasteiger partial charge in [-0.1, -0.05) is 98.1 Å². The second-order valence-electron chi connectivity index (χ2n) is 28.2. The average Bonchev–Trinajstić information content (AvgIpc) is 0.666. The number of esters is 1. The van der Waals surface area contributed by atoms with Crippen LogP contribution in [-0.4, -0.2) is 205 Å². The highest BCUT2D eigenvalue weighted by molar-refractivity contribution is 5.80. The first-order chi connectivity index (χ1) is 40.7. The number of aliphatic hydroxyl groups is 11. The monoisotopic (exact) mass is 1220 g/mol. The zero-order valence-electron chi connectivity index (χ0n) is 51.6. The summed E-state index contributed by atoms with van der Waals surface area (Å²) in [6.45, 7) is 13.5. The van der Waals surface area contributed by atoms with Gasteiger partial charge in [-0.3, -0.25) is 9.59 Å². The highest BCUT2D eigenvalue weighted by Gasteiger charge is 2.75. The molecule has 0 spiro atoms. The number of hydrogen-bond acceptors (Lipinski definition) is 21. The lowest BCUT2D eigenvalue weighted by molar-refractivity contribution is -0.324. The third-order valence-corrected chi connectivity index (χ3v) is 23.8. The summed E-state index contributed by atoms with van der Waals surface area (Å²) in [6, 6.07) is -1.25. The molecule has 1 amide bonds. The number of terminal acetylenes is 1. The lowest BCUT2D eigenvalue weighted by atomic mass is 9.29. The third kappa shape index (κ3) is 12.5. The first-order valence-electron chi connectivity index (χ1n) is 32.0. The quantitative estimate of drug-likeness (QED) is 0.0165. The molecule has 0 aromatic carbocycles. The highest BCUT2D eigenvalue weighted by atomic mass is 16.7. The molecule has 0 aromatic rings. The molecule has 8 rings (SSSR count). The molecule has 27 atom stereocenters. The summed E-state index contributed by atoms with van der Waals surface area (Å²) in [5, 5.41) is 125. The number of aliphatic hydroxyl groups excluding tert-OH is 11. The average molecular weight is 1220 g/mol. The summed E-state index contributed by atoms with van der Waals surface area (Å²) in [7, 11) is 0. The van der Waals surface area contributed by atoms with E-state index in [0.717, 1.165) is 63.2 Å². The van der Waals surface area contributed by atoms with Crippen molar-refractivity contribution in [3.05, 3.63) is 11.6 Å². The molecule has 22 heteroatoms. The molecule has 490 valence electrons. The Morgan fingerprint density at radius 2 is 1.49 bits per heavy atom. The van der Waals surface area contributed by atoms with Gasteiger partial charge in [-0.15, -0.1) is 0 Å². The fraction of sp³-hybridized carbons (Fsp3) is 0.891. The SMILES string of the molecule is C#CO[C@@H](CO)C(O)OCCCCCCCCCCC(=O)NC1C(O)C(C[C@@H]2O[C@H](C)C(O[C@@H]3OC[C@@H](O)C(O)C3O)C(O)C2O)[C@H](OC(=O)C23CC[C@@H](C)CC2C2=CCC4(C)C5(C)CCC(O)C(C)(C=O)[C@@H]5CC[C@@]4(C)[C@]2(C)C[C@H]3O)O[C@@H]1CO. The molecule has 15 unspecified atom stereocenters. The number of carbonyl (C=O) groups is 3. The van der Waals surface area contributed by atoms with Crippen LogP contribution >= 0.6 is 0 Å². The van der Waals surface area contributed by atoms with Crippen molar-refractivity contribution in [2.75, 3.05) is 26.4 Å². The van der Waals surface area contributed by atoms with Crippen LogP contribution in [-0.2, 0) is 47.5 Å². The number of amides is 1. The zero-order valence-corrected chi connectivity index (χ0v) is 51.6. The van der Waals surface area contributed by atoms with Crippen LogP contribution in [0, 0.1) is 68.7 Å². The molecular weight excluding hydrogens is 1120 g/mol. The van der Waals surface area contributed by atoms with Crippen LogP contribution < -0.4 is 5.32 Å². The molecule has 4 saturated carbocycles. The van der Waals surface area contributed by atoms with E-state index < -0.39 is 163 Å². The number of carbonyl (C=O) groups excluding carboxylic acids is 3. The molecule has 0 aromatic heterocycles. The highest BCUT2D eigenvalue weighted by Crippen LogP contribution is 2.80. The van der Waals surface area contributed by atoms with E-state index >= 15 is 4.79 Å². The Bertz CT molecular complexity index is 2380. The summed E-state index contributed by atoms with van der Waals surface area (Å²) in [5.74, 6) is -2.82. The Hall–Kier alpha value is -2.93. The molecule has 12 N–H and O–H groups in total. The minimum atomic E-state index is -1.73. The Morgan fingerprint density at radius 3 is 2.15 bits per heavy atom. The molecule has 3 saturated heterocycles. The van der Waals surface area contributed by atoms with Crippen molar-refractivity contribution in [1.82, 2.24) is 5.32 Å². The predicted molar refractivity (Wildman–Crippen MR) is 308 cm³/mol. The molecule has 5 aliphatic carbocycles. The van der Waals surface area contributed by atoms with Gasteiger partial charge < -0.3 is 99.4 Å². The van der Waals surface area contributed by atoms with Crippen LogP contribution in [0.4, 0.5) is 0 Å². The van der Waals surface area contributed by atoms with Gasteiger partial charge in [0.15, 0.2) is 18.7 Å². The van der Waals surface area contributed by atoms with Crippen LogP contribution in [0.5, 0.6) is 0 Å². The zero-order chi connectivity index (χ0) is 62.9. The van der Waals surface area contributed by atoms with E-state index in [9.17, 15) is 65.8 Å². The van der Waals surface area contributed by atoms with E-state index in [1.807, 2.05) is 13.0 Å². The van der Waals surface area contributed by atoms with Gasteiger partial charge >= 0.3 is 5.97 Å². The Kier molecular flexibility index (Phi) is 22.4. The second-order valence-corrected chi connectivity index (χ2v) is 28.2. The summed E-state index contributed by atoms with van der Waals surface area (Å²) < 4.78 is 40.8. The van der Waals surface area contributed by atoms with Crippen molar-refractivity contribution >= 4 is 18.2 Å². The lowest BCUT2D eigenvalue weighted by Crippen LogP contribution is -2.71. The molecule has 8 aliphatic rings. The van der Waals surface area contributed by atoms with Crippen LogP contribution in [0.3, 0.4) is 0 Å². The fourth-order valence-electron chi connectivity index (χ4n) is 17.9. The number of rotatable bonds is 24. The minimum absolute atomic E-state index is 0.0682. The van der Waals surface area contributed by atoms with Crippen molar-refractivity contribution < 1.29 is 104 Å². The fourth-order valence-corrected chi connectivity index (χ4v) is 17.9. The van der Waals surface area contributed by atoms with Crippen molar-refractivity contribution in [2.45, 2.75) is 275 Å². The molecule has 86 heavy (non-hydrogen) atoms. The summed E-state index contributed by atoms with van der Waals surface area (Å²) >= 11 is 0. The maximum Gasteiger partial charge on any atom is 0.317 e. The van der Waals surface area contributed by atoms with Gasteiger partial charge in [-0.2, -0.15) is 0 Å². The minimum Gasteiger partial charge on any atom is -0.436 e. The first kappa shape index (κ1) is 69.0.